The summed E-state index contributed by atoms with van der Waals surface area (Å²) in [6.45, 7) is -4.44. The Labute approximate surface area is 170 Å². The second-order valence-corrected chi connectivity index (χ2v) is 2.65. The zero-order valence-electron chi connectivity index (χ0n) is 13.9. The van der Waals surface area contributed by atoms with Crippen molar-refractivity contribution in [3.8, 4) is 0 Å². The van der Waals surface area contributed by atoms with Gasteiger partial charge in [0.2, 0.25) is 0 Å². The maximum absolute atomic E-state index is 9.01. The number of hydrogen-bond acceptors (Lipinski definition) is 15. The SMILES string of the molecule is O=C([O-])CO.O=C([O-])CO.O=C([O-])CO.O=C([O-])CO.O=C([O-])CO.[NH4+].[Zr+4]. The summed E-state index contributed by atoms with van der Waals surface area (Å²) < 4.78 is 0. The van der Waals surface area contributed by atoms with Crippen LogP contribution in [0.4, 0.5) is 0 Å². The first kappa shape index (κ1) is 44.4. The number of hydrogen-bond donors (Lipinski definition) is 6. The van der Waals surface area contributed by atoms with Crippen molar-refractivity contribution in [1.82, 2.24) is 6.15 Å². The van der Waals surface area contributed by atoms with Crippen LogP contribution in [0.2, 0.25) is 0 Å². The Kier molecular flexibility index (Phi) is 64.5. The van der Waals surface area contributed by atoms with Gasteiger partial charge in [-0.1, -0.05) is 0 Å². The molecule has 0 aliphatic carbocycles. The van der Waals surface area contributed by atoms with Crippen LogP contribution in [0.3, 0.4) is 0 Å². The van der Waals surface area contributed by atoms with Crippen molar-refractivity contribution in [2.45, 2.75) is 0 Å². The Balaban J connectivity index is -0.0000000364. The number of carbonyl (C=O) groups is 5. The molecule has 9 N–H and O–H groups in total. The summed E-state index contributed by atoms with van der Waals surface area (Å²) in [4.78, 5) is 45.0. The molecule has 16 nitrogen and oxygen atoms in total. The molecule has 158 valence electrons. The van der Waals surface area contributed by atoms with Gasteiger partial charge >= 0.3 is 26.2 Å². The zero-order valence-corrected chi connectivity index (χ0v) is 16.3. The van der Waals surface area contributed by atoms with Gasteiger partial charge in [-0.2, -0.15) is 0 Å². The summed E-state index contributed by atoms with van der Waals surface area (Å²) in [6, 6.07) is 0. The zero-order chi connectivity index (χ0) is 21.4. The summed E-state index contributed by atoms with van der Waals surface area (Å²) in [5, 5.41) is 82.4. The maximum Gasteiger partial charge on any atom is 4.00 e. The van der Waals surface area contributed by atoms with Gasteiger partial charge in [0.25, 0.3) is 0 Å². The molecule has 0 aliphatic rings. The minimum atomic E-state index is -1.44. The second kappa shape index (κ2) is 39.2. The smallest absolute Gasteiger partial charge is 0.548 e. The predicted molar refractivity (Wildman–Crippen MR) is 66.4 cm³/mol. The van der Waals surface area contributed by atoms with E-state index in [1.54, 1.807) is 0 Å². The Bertz CT molecular complexity index is 294. The number of aliphatic carboxylic acids is 5. The maximum atomic E-state index is 9.01. The van der Waals surface area contributed by atoms with Gasteiger partial charge in [-0.05, 0) is 0 Å². The Morgan fingerprint density at radius 3 is 0.481 bits per heavy atom. The fraction of sp³-hybridized carbons (Fsp3) is 0.500. The van der Waals surface area contributed by atoms with Crippen LogP contribution in [0, 0.1) is 0 Å². The molecule has 17 heteroatoms. The number of aliphatic hydroxyl groups excluding tert-OH is 5. The number of rotatable bonds is 5. The molecule has 0 rings (SSSR count). The van der Waals surface area contributed by atoms with Crippen molar-refractivity contribution >= 4 is 29.8 Å². The number of quaternary nitrogens is 1. The van der Waals surface area contributed by atoms with Crippen LogP contribution in [0.5, 0.6) is 0 Å². The van der Waals surface area contributed by atoms with E-state index in [-0.39, 0.29) is 32.4 Å². The molecule has 0 aromatic rings. The molecule has 0 heterocycles. The molecule has 0 saturated carbocycles. The van der Waals surface area contributed by atoms with E-state index < -0.39 is 62.9 Å². The molecule has 0 amide bonds. The van der Waals surface area contributed by atoms with Gasteiger partial charge < -0.3 is 81.2 Å². The van der Waals surface area contributed by atoms with E-state index in [4.69, 9.17) is 75.0 Å². The number of carboxylic acids is 5. The predicted octanol–water partition coefficient (Wildman–Crippen LogP) is -11.0. The molecule has 0 spiro atoms. The van der Waals surface area contributed by atoms with Crippen molar-refractivity contribution in [1.29, 1.82) is 0 Å². The summed E-state index contributed by atoms with van der Waals surface area (Å²) in [5.41, 5.74) is 0. The van der Waals surface area contributed by atoms with Crippen molar-refractivity contribution < 1.29 is 101 Å². The normalized spacial score (nSPS) is 6.85. The molecule has 0 fully saturated rings. The summed E-state index contributed by atoms with van der Waals surface area (Å²) in [6.07, 6.45) is 0. The first-order valence-electron chi connectivity index (χ1n) is 5.39. The van der Waals surface area contributed by atoms with E-state index in [2.05, 4.69) is 0 Å². The van der Waals surface area contributed by atoms with Gasteiger partial charge in [-0.15, -0.1) is 0 Å². The van der Waals surface area contributed by atoms with Gasteiger partial charge in [0.1, 0.15) is 0 Å². The van der Waals surface area contributed by atoms with Crippen LogP contribution in [0.15, 0.2) is 0 Å². The molecule has 0 aromatic carbocycles. The van der Waals surface area contributed by atoms with E-state index in [1.165, 1.54) is 0 Å². The summed E-state index contributed by atoms with van der Waals surface area (Å²) in [5.74, 6) is -7.20. The minimum absolute atomic E-state index is 0. The third kappa shape index (κ3) is 182. The van der Waals surface area contributed by atoms with Gasteiger partial charge in [0.15, 0.2) is 0 Å². The first-order valence-corrected chi connectivity index (χ1v) is 5.39. The third-order valence-corrected chi connectivity index (χ3v) is 0.645. The van der Waals surface area contributed by atoms with Crippen LogP contribution in [-0.4, -0.2) is 88.4 Å². The van der Waals surface area contributed by atoms with Crippen molar-refractivity contribution in [3.05, 3.63) is 0 Å². The monoisotopic (exact) mass is 483 g/mol. The molecule has 0 aliphatic heterocycles. The van der Waals surface area contributed by atoms with Crippen LogP contribution in [0.1, 0.15) is 0 Å². The fourth-order valence-electron chi connectivity index (χ4n) is 0. The molecule has 0 radical (unpaired) electrons. The summed E-state index contributed by atoms with van der Waals surface area (Å²) in [7, 11) is 0. The molecular weight excluding hydrogens is 465 g/mol. The standard InChI is InChI=1S/5C2H4O3.H3N.Zr/c5*3-1-2(4)5;;/h5*3H,1H2,(H,4,5);1H3;/q;;;;;;+4/p-4. The van der Waals surface area contributed by atoms with Crippen molar-refractivity contribution in [2.24, 2.45) is 0 Å². The van der Waals surface area contributed by atoms with E-state index in [0.29, 0.717) is 0 Å². The first-order chi connectivity index (χ1) is 11.4. The van der Waals surface area contributed by atoms with E-state index in [0.717, 1.165) is 0 Å². The van der Waals surface area contributed by atoms with Crippen LogP contribution in [0.25, 0.3) is 0 Å². The van der Waals surface area contributed by atoms with E-state index >= 15 is 0 Å². The van der Waals surface area contributed by atoms with Gasteiger partial charge in [0.05, 0.1) is 62.9 Å². The van der Waals surface area contributed by atoms with Crippen LogP contribution in [-0.2, 0) is 50.2 Å². The largest absolute Gasteiger partial charge is 4.00 e. The number of aliphatic hydroxyl groups is 5. The Morgan fingerprint density at radius 2 is 0.481 bits per heavy atom. The number of carboxylic acid groups (broad SMARTS) is 5. The van der Waals surface area contributed by atoms with Crippen molar-refractivity contribution in [2.75, 3.05) is 33.0 Å². The third-order valence-electron chi connectivity index (χ3n) is 0.645. The van der Waals surface area contributed by atoms with Gasteiger partial charge in [-0.25, -0.2) is 0 Å². The fourth-order valence-corrected chi connectivity index (χ4v) is 0. The Morgan fingerprint density at radius 1 is 0.444 bits per heavy atom. The molecule has 0 unspecified atom stereocenters. The second-order valence-electron chi connectivity index (χ2n) is 2.65. The number of carbonyl (C=O) groups excluding carboxylic acids is 5. The molecule has 0 atom stereocenters. The quantitative estimate of drug-likeness (QED) is 0.211. The molecular formula is C10H19NO15Zr. The van der Waals surface area contributed by atoms with Crippen LogP contribution >= 0.6 is 0 Å². The van der Waals surface area contributed by atoms with Crippen LogP contribution < -0.4 is 31.7 Å². The van der Waals surface area contributed by atoms with Gasteiger partial charge in [-0.3, -0.25) is 0 Å². The Hall–Kier alpha value is -2.01. The van der Waals surface area contributed by atoms with E-state index in [1.807, 2.05) is 0 Å². The topological polar surface area (TPSA) is 338 Å². The van der Waals surface area contributed by atoms with Gasteiger partial charge in [0, 0.05) is 0 Å². The molecule has 0 bridgehead atoms. The average molecular weight is 484 g/mol. The summed E-state index contributed by atoms with van der Waals surface area (Å²) >= 11 is 0. The molecule has 0 aromatic heterocycles. The minimum Gasteiger partial charge on any atom is -0.548 e. The van der Waals surface area contributed by atoms with E-state index in [9.17, 15) is 0 Å². The average Bonchev–Trinajstić information content (AvgIpc) is 2.56. The molecule has 27 heavy (non-hydrogen) atoms. The van der Waals surface area contributed by atoms with Crippen molar-refractivity contribution in [3.63, 3.8) is 0 Å². The molecule has 0 saturated heterocycles.